The van der Waals surface area contributed by atoms with Crippen LogP contribution in [0.5, 0.6) is 0 Å². The first kappa shape index (κ1) is 27.8. The Labute approximate surface area is 248 Å². The molecule has 6 rings (SSSR count). The third-order valence-corrected chi connectivity index (χ3v) is 7.90. The number of aromatic nitrogens is 5. The van der Waals surface area contributed by atoms with Crippen molar-refractivity contribution in [2.45, 2.75) is 19.3 Å². The van der Waals surface area contributed by atoms with Gasteiger partial charge in [-0.3, -0.25) is 14.4 Å². The minimum Gasteiger partial charge on any atom is -0.366 e. The van der Waals surface area contributed by atoms with E-state index in [0.717, 1.165) is 30.8 Å². The molecule has 1 aliphatic heterocycles. The number of hydrogen-bond donors (Lipinski definition) is 1. The van der Waals surface area contributed by atoms with Crippen molar-refractivity contribution in [1.82, 2.24) is 29.1 Å². The van der Waals surface area contributed by atoms with Gasteiger partial charge in [-0.2, -0.15) is 9.06 Å². The monoisotopic (exact) mass is 596 g/mol. The predicted molar refractivity (Wildman–Crippen MR) is 156 cm³/mol. The molecule has 2 aromatic heterocycles. The molecule has 5 aromatic rings. The molecule has 0 saturated carbocycles. The fourth-order valence-electron chi connectivity index (χ4n) is 4.79. The van der Waals surface area contributed by atoms with Crippen molar-refractivity contribution in [2.75, 3.05) is 13.1 Å². The molecule has 1 fully saturated rings. The number of hydrogen-bond acceptors (Lipinski definition) is 7. The largest absolute Gasteiger partial charge is 0.366 e. The summed E-state index contributed by atoms with van der Waals surface area (Å²) < 4.78 is 16.7. The zero-order valence-corrected chi connectivity index (χ0v) is 23.6. The maximum Gasteiger partial charge on any atom is 0.301 e. The number of benzene rings is 3. The van der Waals surface area contributed by atoms with Crippen LogP contribution in [0.15, 0.2) is 83.9 Å². The van der Waals surface area contributed by atoms with Crippen molar-refractivity contribution < 1.29 is 18.8 Å². The standard InChI is InChI=1S/C30H25FN8O3S/c31-21-11-15-22(16-12-21)38-26(19-7-3-1-4-8-19)24(34-36-38)28(41)33-29-25(30(42)37-17-5-2-6-18-37)35-39(43-29)23-13-9-20(10-14-23)27(32)40/h1,3-4,7-16H,2,5-6,17-18H2,(H2,32,40). The van der Waals surface area contributed by atoms with Crippen molar-refractivity contribution in [3.05, 3.63) is 106 Å². The second kappa shape index (κ2) is 11.9. The van der Waals surface area contributed by atoms with Crippen molar-refractivity contribution in [1.29, 1.82) is 0 Å². The van der Waals surface area contributed by atoms with E-state index in [1.165, 1.54) is 33.0 Å². The number of piperidine rings is 1. The number of halogens is 1. The van der Waals surface area contributed by atoms with Gasteiger partial charge in [0.15, 0.2) is 16.1 Å². The molecule has 0 radical (unpaired) electrons. The van der Waals surface area contributed by atoms with E-state index in [1.807, 2.05) is 18.2 Å². The van der Waals surface area contributed by atoms with Gasteiger partial charge >= 0.3 is 5.91 Å². The van der Waals surface area contributed by atoms with Crippen LogP contribution in [-0.4, -0.2) is 59.9 Å². The van der Waals surface area contributed by atoms with E-state index >= 15 is 0 Å². The Morgan fingerprint density at radius 1 is 0.837 bits per heavy atom. The van der Waals surface area contributed by atoms with E-state index in [-0.39, 0.29) is 22.0 Å². The van der Waals surface area contributed by atoms with Crippen LogP contribution in [0.1, 0.15) is 50.6 Å². The zero-order valence-electron chi connectivity index (χ0n) is 22.8. The summed E-state index contributed by atoms with van der Waals surface area (Å²) in [5.74, 6) is -2.03. The van der Waals surface area contributed by atoms with Gasteiger partial charge in [0.1, 0.15) is 11.5 Å². The summed E-state index contributed by atoms with van der Waals surface area (Å²) in [6.45, 7) is 1.17. The van der Waals surface area contributed by atoms with Crippen LogP contribution in [0.4, 0.5) is 4.39 Å². The molecule has 3 heterocycles. The summed E-state index contributed by atoms with van der Waals surface area (Å²) in [6, 6.07) is 21.1. The van der Waals surface area contributed by atoms with E-state index in [1.54, 1.807) is 41.3 Å². The van der Waals surface area contributed by atoms with Crippen LogP contribution in [0.25, 0.3) is 22.6 Å². The Morgan fingerprint density at radius 3 is 2.19 bits per heavy atom. The molecule has 0 bridgehead atoms. The Balaban J connectivity index is 1.46. The molecule has 0 unspecified atom stereocenters. The van der Waals surface area contributed by atoms with Gasteiger partial charge in [0, 0.05) is 24.2 Å². The maximum absolute atomic E-state index is 13.8. The number of rotatable bonds is 6. The Hall–Kier alpha value is -5.30. The van der Waals surface area contributed by atoms with Crippen molar-refractivity contribution in [2.24, 2.45) is 10.7 Å². The lowest BCUT2D eigenvalue weighted by Crippen LogP contribution is -2.38. The van der Waals surface area contributed by atoms with Gasteiger partial charge in [0.25, 0.3) is 5.91 Å². The van der Waals surface area contributed by atoms with Gasteiger partial charge in [-0.15, -0.1) is 10.2 Å². The van der Waals surface area contributed by atoms with Gasteiger partial charge in [-0.05, 0) is 79.3 Å². The SMILES string of the molecule is NC(=O)c1ccc(-n2nc(C(=O)N3CCCCC3)c(=NC(=O)c3nnn(-c4ccc(F)cc4)c3-c3ccccc3)s2)cc1. The molecule has 0 atom stereocenters. The summed E-state index contributed by atoms with van der Waals surface area (Å²) >= 11 is 1.01. The molecule has 0 aliphatic carbocycles. The molecule has 0 spiro atoms. The average molecular weight is 597 g/mol. The highest BCUT2D eigenvalue weighted by molar-refractivity contribution is 7.04. The summed E-state index contributed by atoms with van der Waals surface area (Å²) in [4.78, 5) is 45.0. The smallest absolute Gasteiger partial charge is 0.301 e. The van der Waals surface area contributed by atoms with Crippen LogP contribution < -0.4 is 10.4 Å². The lowest BCUT2D eigenvalue weighted by Gasteiger charge is -2.25. The predicted octanol–water partition coefficient (Wildman–Crippen LogP) is 3.79. The van der Waals surface area contributed by atoms with Crippen molar-refractivity contribution in [3.63, 3.8) is 0 Å². The third-order valence-electron chi connectivity index (χ3n) is 6.98. The lowest BCUT2D eigenvalue weighted by atomic mass is 10.1. The highest BCUT2D eigenvalue weighted by Gasteiger charge is 2.26. The van der Waals surface area contributed by atoms with Gasteiger partial charge in [0.2, 0.25) is 5.91 Å². The lowest BCUT2D eigenvalue weighted by molar-refractivity contribution is 0.0716. The van der Waals surface area contributed by atoms with E-state index in [9.17, 15) is 18.8 Å². The van der Waals surface area contributed by atoms with Crippen LogP contribution >= 0.6 is 11.5 Å². The minimum atomic E-state index is -0.722. The summed E-state index contributed by atoms with van der Waals surface area (Å²) in [6.07, 6.45) is 2.79. The number of nitrogens with two attached hydrogens (primary N) is 1. The zero-order chi connectivity index (χ0) is 29.9. The molecule has 1 saturated heterocycles. The molecule has 3 amide bonds. The molecule has 216 valence electrons. The van der Waals surface area contributed by atoms with Crippen molar-refractivity contribution >= 4 is 29.3 Å². The molecule has 43 heavy (non-hydrogen) atoms. The first-order valence-electron chi connectivity index (χ1n) is 13.6. The molecule has 13 heteroatoms. The Kier molecular flexibility index (Phi) is 7.71. The van der Waals surface area contributed by atoms with Gasteiger partial charge in [-0.1, -0.05) is 35.5 Å². The third kappa shape index (κ3) is 5.75. The van der Waals surface area contributed by atoms with Gasteiger partial charge < -0.3 is 10.6 Å². The second-order valence-corrected chi connectivity index (χ2v) is 10.8. The molecule has 3 aromatic carbocycles. The fraction of sp³-hybridized carbons (Fsp3) is 0.167. The first-order chi connectivity index (χ1) is 20.9. The number of amides is 3. The molecule has 1 aliphatic rings. The Morgan fingerprint density at radius 2 is 1.51 bits per heavy atom. The number of nitrogens with zero attached hydrogens (tertiary/aromatic N) is 7. The Bertz CT molecular complexity index is 1870. The van der Waals surface area contributed by atoms with Crippen LogP contribution in [0.3, 0.4) is 0 Å². The highest BCUT2D eigenvalue weighted by Crippen LogP contribution is 2.26. The van der Waals surface area contributed by atoms with E-state index in [2.05, 4.69) is 20.4 Å². The molecule has 2 N–H and O–H groups in total. The van der Waals surface area contributed by atoms with Gasteiger partial charge in [-0.25, -0.2) is 9.07 Å². The van der Waals surface area contributed by atoms with Gasteiger partial charge in [0.05, 0.1) is 11.4 Å². The van der Waals surface area contributed by atoms with Crippen molar-refractivity contribution in [3.8, 4) is 22.6 Å². The van der Waals surface area contributed by atoms with E-state index in [4.69, 9.17) is 5.73 Å². The minimum absolute atomic E-state index is 0.0337. The number of carbonyl (C=O) groups is 3. The van der Waals surface area contributed by atoms with E-state index in [0.29, 0.717) is 41.3 Å². The maximum atomic E-state index is 13.8. The fourth-order valence-corrected chi connectivity index (χ4v) is 5.64. The topological polar surface area (TPSA) is 141 Å². The number of likely N-dealkylation sites (tertiary alicyclic amines) is 1. The summed E-state index contributed by atoms with van der Waals surface area (Å²) in [5, 5.41) is 12.9. The molecule has 11 nitrogen and oxygen atoms in total. The molecular formula is C30H25FN8O3S. The van der Waals surface area contributed by atoms with Crippen LogP contribution in [0, 0.1) is 5.82 Å². The summed E-state index contributed by atoms with van der Waals surface area (Å²) in [5.41, 5.74) is 7.76. The highest BCUT2D eigenvalue weighted by atomic mass is 32.1. The number of carbonyl (C=O) groups excluding carboxylic acids is 3. The van der Waals surface area contributed by atoms with Crippen LogP contribution in [0.2, 0.25) is 0 Å². The normalized spacial score (nSPS) is 13.7. The first-order valence-corrected chi connectivity index (χ1v) is 14.3. The van der Waals surface area contributed by atoms with E-state index < -0.39 is 17.6 Å². The molecular weight excluding hydrogens is 571 g/mol. The van der Waals surface area contributed by atoms with Crippen LogP contribution in [-0.2, 0) is 0 Å². The quantitative estimate of drug-likeness (QED) is 0.316. The summed E-state index contributed by atoms with van der Waals surface area (Å²) in [7, 11) is 0. The number of primary amides is 1. The average Bonchev–Trinajstić information content (AvgIpc) is 3.67. The second-order valence-electron chi connectivity index (χ2n) is 9.84.